The smallest absolute Gasteiger partial charge is 0.326 e. The number of carboxylic acid groups (broad SMARTS) is 1. The molecule has 5 heteroatoms. The summed E-state index contributed by atoms with van der Waals surface area (Å²) in [6.45, 7) is 4.33. The lowest BCUT2D eigenvalue weighted by molar-refractivity contribution is -0.139. The molecule has 0 spiro atoms. The third-order valence-electron chi connectivity index (χ3n) is 3.19. The number of nitrogens with one attached hydrogen (secondary N) is 1. The van der Waals surface area contributed by atoms with Gasteiger partial charge in [-0.05, 0) is 24.5 Å². The number of benzene rings is 1. The van der Waals surface area contributed by atoms with E-state index in [1.165, 1.54) is 4.90 Å². The summed E-state index contributed by atoms with van der Waals surface area (Å²) in [5, 5.41) is 11.6. The number of aryl methyl sites for hydroxylation is 1. The molecule has 2 amide bonds. The van der Waals surface area contributed by atoms with Gasteiger partial charge in [-0.2, -0.15) is 0 Å². The first-order valence-electron chi connectivity index (χ1n) is 6.74. The van der Waals surface area contributed by atoms with Gasteiger partial charge in [0, 0.05) is 13.6 Å². The summed E-state index contributed by atoms with van der Waals surface area (Å²) in [5.41, 5.74) is 2.16. The van der Waals surface area contributed by atoms with Gasteiger partial charge < -0.3 is 15.3 Å². The van der Waals surface area contributed by atoms with Crippen molar-refractivity contribution in [2.45, 2.75) is 39.3 Å². The molecule has 1 aromatic rings. The molecule has 1 rings (SSSR count). The summed E-state index contributed by atoms with van der Waals surface area (Å²) in [7, 11) is 1.66. The van der Waals surface area contributed by atoms with E-state index in [0.29, 0.717) is 19.4 Å². The SMILES string of the molecule is CCC[C@@H](NC(=O)N(C)Cc1ccccc1C)C(=O)O. The Balaban J connectivity index is 2.63. The van der Waals surface area contributed by atoms with Crippen LogP contribution in [0, 0.1) is 6.92 Å². The lowest BCUT2D eigenvalue weighted by Crippen LogP contribution is -2.46. The number of amides is 2. The van der Waals surface area contributed by atoms with Crippen LogP contribution in [0.4, 0.5) is 4.79 Å². The molecule has 110 valence electrons. The zero-order valence-electron chi connectivity index (χ0n) is 12.2. The fourth-order valence-corrected chi connectivity index (χ4v) is 1.92. The average molecular weight is 278 g/mol. The highest BCUT2D eigenvalue weighted by molar-refractivity contribution is 5.82. The zero-order chi connectivity index (χ0) is 15.1. The molecule has 20 heavy (non-hydrogen) atoms. The minimum atomic E-state index is -0.996. The maximum absolute atomic E-state index is 12.0. The van der Waals surface area contributed by atoms with Crippen LogP contribution in [0.3, 0.4) is 0 Å². The van der Waals surface area contributed by atoms with Crippen LogP contribution in [0.25, 0.3) is 0 Å². The van der Waals surface area contributed by atoms with Gasteiger partial charge >= 0.3 is 12.0 Å². The summed E-state index contributed by atoms with van der Waals surface area (Å²) in [6.07, 6.45) is 1.14. The molecule has 0 saturated carbocycles. The quantitative estimate of drug-likeness (QED) is 0.839. The Morgan fingerprint density at radius 3 is 2.55 bits per heavy atom. The van der Waals surface area contributed by atoms with E-state index in [9.17, 15) is 9.59 Å². The van der Waals surface area contributed by atoms with Gasteiger partial charge in [0.25, 0.3) is 0 Å². The topological polar surface area (TPSA) is 69.6 Å². The lowest BCUT2D eigenvalue weighted by Gasteiger charge is -2.22. The van der Waals surface area contributed by atoms with Crippen molar-refractivity contribution in [3.8, 4) is 0 Å². The largest absolute Gasteiger partial charge is 0.480 e. The third kappa shape index (κ3) is 4.57. The average Bonchev–Trinajstić information content (AvgIpc) is 2.40. The molecule has 0 aliphatic heterocycles. The van der Waals surface area contributed by atoms with Crippen LogP contribution >= 0.6 is 0 Å². The van der Waals surface area contributed by atoms with Crippen molar-refractivity contribution in [3.63, 3.8) is 0 Å². The molecule has 0 radical (unpaired) electrons. The number of urea groups is 1. The van der Waals surface area contributed by atoms with Gasteiger partial charge in [-0.15, -0.1) is 0 Å². The van der Waals surface area contributed by atoms with Gasteiger partial charge in [0.1, 0.15) is 6.04 Å². The second-order valence-electron chi connectivity index (χ2n) is 4.91. The van der Waals surface area contributed by atoms with Crippen LogP contribution in [-0.4, -0.2) is 35.1 Å². The highest BCUT2D eigenvalue weighted by Gasteiger charge is 2.20. The molecule has 0 bridgehead atoms. The Labute approximate surface area is 119 Å². The molecule has 1 aromatic carbocycles. The molecule has 0 unspecified atom stereocenters. The second kappa shape index (κ2) is 7.53. The predicted molar refractivity (Wildman–Crippen MR) is 77.5 cm³/mol. The van der Waals surface area contributed by atoms with E-state index in [4.69, 9.17) is 5.11 Å². The minimum Gasteiger partial charge on any atom is -0.480 e. The molecular formula is C15H22N2O3. The van der Waals surface area contributed by atoms with Crippen LogP contribution in [-0.2, 0) is 11.3 Å². The molecule has 5 nitrogen and oxygen atoms in total. The van der Waals surface area contributed by atoms with Crippen molar-refractivity contribution in [1.29, 1.82) is 0 Å². The maximum atomic E-state index is 12.0. The predicted octanol–water partition coefficient (Wildman–Crippen LogP) is 2.39. The summed E-state index contributed by atoms with van der Waals surface area (Å²) >= 11 is 0. The molecular weight excluding hydrogens is 256 g/mol. The van der Waals surface area contributed by atoms with Crippen LogP contribution < -0.4 is 5.32 Å². The van der Waals surface area contributed by atoms with Crippen LogP contribution in [0.15, 0.2) is 24.3 Å². The summed E-state index contributed by atoms with van der Waals surface area (Å²) in [5.74, 6) is -0.996. The van der Waals surface area contributed by atoms with E-state index in [2.05, 4.69) is 5.32 Å². The first-order chi connectivity index (χ1) is 9.45. The number of aliphatic carboxylic acids is 1. The molecule has 0 fully saturated rings. The Bertz CT molecular complexity index is 474. The fraction of sp³-hybridized carbons (Fsp3) is 0.467. The number of hydrogen-bond donors (Lipinski definition) is 2. The number of carbonyl (C=O) groups excluding carboxylic acids is 1. The molecule has 0 saturated heterocycles. The number of hydrogen-bond acceptors (Lipinski definition) is 2. The van der Waals surface area contributed by atoms with Gasteiger partial charge in [-0.25, -0.2) is 9.59 Å². The standard InChI is InChI=1S/C15H22N2O3/c1-4-7-13(14(18)19)16-15(20)17(3)10-12-9-6-5-8-11(12)2/h5-6,8-9,13H,4,7,10H2,1-3H3,(H,16,20)(H,18,19)/t13-/m1/s1. The first kappa shape index (κ1) is 16.0. The number of carbonyl (C=O) groups is 2. The van der Waals surface area contributed by atoms with Gasteiger partial charge in [0.2, 0.25) is 0 Å². The zero-order valence-corrected chi connectivity index (χ0v) is 12.2. The molecule has 0 heterocycles. The maximum Gasteiger partial charge on any atom is 0.326 e. The van der Waals surface area contributed by atoms with Crippen molar-refractivity contribution >= 4 is 12.0 Å². The Kier molecular flexibility index (Phi) is 6.03. The third-order valence-corrected chi connectivity index (χ3v) is 3.19. The van der Waals surface area contributed by atoms with Gasteiger partial charge in [0.05, 0.1) is 0 Å². The van der Waals surface area contributed by atoms with E-state index < -0.39 is 12.0 Å². The van der Waals surface area contributed by atoms with Crippen molar-refractivity contribution in [2.24, 2.45) is 0 Å². The normalized spacial score (nSPS) is 11.8. The highest BCUT2D eigenvalue weighted by atomic mass is 16.4. The summed E-state index contributed by atoms with van der Waals surface area (Å²) < 4.78 is 0. The Morgan fingerprint density at radius 2 is 2.00 bits per heavy atom. The van der Waals surface area contributed by atoms with E-state index in [0.717, 1.165) is 11.1 Å². The first-order valence-corrected chi connectivity index (χ1v) is 6.74. The van der Waals surface area contributed by atoms with E-state index in [1.54, 1.807) is 7.05 Å². The molecule has 0 aliphatic carbocycles. The Morgan fingerprint density at radius 1 is 1.35 bits per heavy atom. The molecule has 0 aliphatic rings. The monoisotopic (exact) mass is 278 g/mol. The summed E-state index contributed by atoms with van der Waals surface area (Å²) in [6, 6.07) is 6.62. The van der Waals surface area contributed by atoms with Crippen LogP contribution in [0.2, 0.25) is 0 Å². The van der Waals surface area contributed by atoms with E-state index in [-0.39, 0.29) is 6.03 Å². The van der Waals surface area contributed by atoms with E-state index in [1.807, 2.05) is 38.1 Å². The molecule has 1 atom stereocenters. The Hall–Kier alpha value is -2.04. The van der Waals surface area contributed by atoms with E-state index >= 15 is 0 Å². The van der Waals surface area contributed by atoms with Crippen LogP contribution in [0.1, 0.15) is 30.9 Å². The van der Waals surface area contributed by atoms with Crippen molar-refractivity contribution in [1.82, 2.24) is 10.2 Å². The van der Waals surface area contributed by atoms with Crippen molar-refractivity contribution in [2.75, 3.05) is 7.05 Å². The number of rotatable bonds is 6. The van der Waals surface area contributed by atoms with Crippen molar-refractivity contribution in [3.05, 3.63) is 35.4 Å². The number of carboxylic acids is 1. The lowest BCUT2D eigenvalue weighted by atomic mass is 10.1. The van der Waals surface area contributed by atoms with Gasteiger partial charge in [-0.3, -0.25) is 0 Å². The number of nitrogens with zero attached hydrogens (tertiary/aromatic N) is 1. The van der Waals surface area contributed by atoms with Crippen molar-refractivity contribution < 1.29 is 14.7 Å². The van der Waals surface area contributed by atoms with Crippen LogP contribution in [0.5, 0.6) is 0 Å². The summed E-state index contributed by atoms with van der Waals surface area (Å²) in [4.78, 5) is 24.5. The molecule has 2 N–H and O–H groups in total. The second-order valence-corrected chi connectivity index (χ2v) is 4.91. The highest BCUT2D eigenvalue weighted by Crippen LogP contribution is 2.09. The van der Waals surface area contributed by atoms with Gasteiger partial charge in [0.15, 0.2) is 0 Å². The fourth-order valence-electron chi connectivity index (χ4n) is 1.92. The minimum absolute atomic E-state index is 0.367. The molecule has 0 aromatic heterocycles. The van der Waals surface area contributed by atoms with Gasteiger partial charge in [-0.1, -0.05) is 37.6 Å².